The van der Waals surface area contributed by atoms with Crippen LogP contribution in [0.1, 0.15) is 43.1 Å². The normalized spacial score (nSPS) is 11.8. The Labute approximate surface area is 119 Å². The van der Waals surface area contributed by atoms with Crippen LogP contribution in [0.2, 0.25) is 0 Å². The van der Waals surface area contributed by atoms with Crippen molar-refractivity contribution in [1.29, 1.82) is 0 Å². The van der Waals surface area contributed by atoms with Crippen LogP contribution in [0, 0.1) is 6.92 Å². The van der Waals surface area contributed by atoms with Crippen molar-refractivity contribution in [3.8, 4) is 0 Å². The Morgan fingerprint density at radius 2 is 2.00 bits per heavy atom. The molecule has 0 fully saturated rings. The monoisotopic (exact) mass is 278 g/mol. The van der Waals surface area contributed by atoms with E-state index in [-0.39, 0.29) is 17.6 Å². The second-order valence-corrected chi connectivity index (χ2v) is 4.78. The van der Waals surface area contributed by atoms with Crippen LogP contribution in [-0.2, 0) is 0 Å². The molecule has 1 atom stereocenters. The van der Waals surface area contributed by atoms with E-state index in [0.29, 0.717) is 17.8 Å². The molecular weight excluding hydrogens is 256 g/mol. The molecule has 1 unspecified atom stereocenters. The van der Waals surface area contributed by atoms with E-state index in [1.54, 1.807) is 30.0 Å². The Balaban J connectivity index is 3.01. The van der Waals surface area contributed by atoms with Gasteiger partial charge >= 0.3 is 12.0 Å². The fourth-order valence-electron chi connectivity index (χ4n) is 2.12. The molecule has 1 aromatic carbocycles. The number of carbonyl (C=O) groups is 2. The van der Waals surface area contributed by atoms with Crippen LogP contribution in [0.3, 0.4) is 0 Å². The van der Waals surface area contributed by atoms with Crippen LogP contribution >= 0.6 is 0 Å². The zero-order valence-corrected chi connectivity index (χ0v) is 12.4. The highest BCUT2D eigenvalue weighted by Gasteiger charge is 2.20. The van der Waals surface area contributed by atoms with Gasteiger partial charge in [-0.3, -0.25) is 0 Å². The van der Waals surface area contributed by atoms with Gasteiger partial charge in [-0.1, -0.05) is 19.1 Å². The zero-order valence-electron chi connectivity index (χ0n) is 12.4. The van der Waals surface area contributed by atoms with E-state index >= 15 is 0 Å². The fourth-order valence-corrected chi connectivity index (χ4v) is 2.12. The van der Waals surface area contributed by atoms with Crippen molar-refractivity contribution in [2.24, 2.45) is 0 Å². The molecule has 0 aliphatic carbocycles. The van der Waals surface area contributed by atoms with Gasteiger partial charge in [0.15, 0.2) is 0 Å². The van der Waals surface area contributed by atoms with Crippen molar-refractivity contribution in [2.75, 3.05) is 11.9 Å². The smallest absolute Gasteiger partial charge is 0.338 e. The maximum Gasteiger partial charge on any atom is 0.338 e. The van der Waals surface area contributed by atoms with E-state index in [4.69, 9.17) is 0 Å². The average Bonchev–Trinajstić information content (AvgIpc) is 2.38. The minimum atomic E-state index is -1.04. The Morgan fingerprint density at radius 1 is 1.35 bits per heavy atom. The number of carboxylic acids is 1. The van der Waals surface area contributed by atoms with E-state index in [0.717, 1.165) is 6.42 Å². The lowest BCUT2D eigenvalue weighted by molar-refractivity contribution is 0.0697. The van der Waals surface area contributed by atoms with Crippen molar-refractivity contribution in [3.05, 3.63) is 29.3 Å². The molecular formula is C15H22N2O3. The molecule has 0 heterocycles. The van der Waals surface area contributed by atoms with Gasteiger partial charge in [-0.2, -0.15) is 0 Å². The molecule has 5 heteroatoms. The molecule has 0 aromatic heterocycles. The zero-order chi connectivity index (χ0) is 15.3. The Hall–Kier alpha value is -2.04. The molecule has 0 radical (unpaired) electrons. The summed E-state index contributed by atoms with van der Waals surface area (Å²) < 4.78 is 0. The van der Waals surface area contributed by atoms with E-state index in [1.165, 1.54) is 0 Å². The third kappa shape index (κ3) is 3.50. The summed E-state index contributed by atoms with van der Waals surface area (Å²) in [6, 6.07) is 4.90. The van der Waals surface area contributed by atoms with Gasteiger partial charge in [0, 0.05) is 12.6 Å². The Morgan fingerprint density at radius 3 is 2.50 bits per heavy atom. The van der Waals surface area contributed by atoms with Gasteiger partial charge in [0.1, 0.15) is 0 Å². The first-order chi connectivity index (χ1) is 9.42. The summed E-state index contributed by atoms with van der Waals surface area (Å²) in [5, 5.41) is 12.0. The minimum absolute atomic E-state index is 0.109. The minimum Gasteiger partial charge on any atom is -0.478 e. The van der Waals surface area contributed by atoms with Gasteiger partial charge in [-0.05, 0) is 38.8 Å². The highest BCUT2D eigenvalue weighted by molar-refractivity contribution is 6.01. The number of aryl methyl sites for hydroxylation is 1. The number of anilines is 1. The van der Waals surface area contributed by atoms with E-state index in [1.807, 2.05) is 20.8 Å². The summed E-state index contributed by atoms with van der Waals surface area (Å²) in [6.45, 7) is 8.17. The molecule has 2 amide bonds. The number of carboxylic acid groups (broad SMARTS) is 1. The van der Waals surface area contributed by atoms with Crippen molar-refractivity contribution in [2.45, 2.75) is 40.2 Å². The average molecular weight is 278 g/mol. The first kappa shape index (κ1) is 16.0. The van der Waals surface area contributed by atoms with Crippen molar-refractivity contribution in [1.82, 2.24) is 4.90 Å². The second kappa shape index (κ2) is 6.93. The molecule has 0 saturated heterocycles. The third-order valence-electron chi connectivity index (χ3n) is 3.45. The maximum absolute atomic E-state index is 12.3. The summed E-state index contributed by atoms with van der Waals surface area (Å²) in [4.78, 5) is 25.2. The summed E-state index contributed by atoms with van der Waals surface area (Å²) in [6.07, 6.45) is 0.848. The van der Waals surface area contributed by atoms with Gasteiger partial charge in [-0.25, -0.2) is 9.59 Å². The molecule has 0 bridgehead atoms. The van der Waals surface area contributed by atoms with Crippen LogP contribution in [-0.4, -0.2) is 34.6 Å². The number of hydrogen-bond donors (Lipinski definition) is 2. The van der Waals surface area contributed by atoms with Gasteiger partial charge in [0.25, 0.3) is 0 Å². The standard InChI is InChI=1S/C15H22N2O3/c1-5-11(4)17(6-2)15(20)16-12-9-7-8-10(3)13(12)14(18)19/h7-9,11H,5-6H2,1-4H3,(H,16,20)(H,18,19). The lowest BCUT2D eigenvalue weighted by Gasteiger charge is -2.27. The van der Waals surface area contributed by atoms with Crippen LogP contribution in [0.5, 0.6) is 0 Å². The van der Waals surface area contributed by atoms with Gasteiger partial charge < -0.3 is 15.3 Å². The largest absolute Gasteiger partial charge is 0.478 e. The van der Waals surface area contributed by atoms with Crippen LogP contribution in [0.15, 0.2) is 18.2 Å². The van der Waals surface area contributed by atoms with E-state index in [2.05, 4.69) is 5.32 Å². The SMILES string of the molecule is CCC(C)N(CC)C(=O)Nc1cccc(C)c1C(=O)O. The van der Waals surface area contributed by atoms with E-state index < -0.39 is 5.97 Å². The highest BCUT2D eigenvalue weighted by Crippen LogP contribution is 2.20. The Bertz CT molecular complexity index is 500. The first-order valence-corrected chi connectivity index (χ1v) is 6.82. The molecule has 0 aliphatic rings. The molecule has 20 heavy (non-hydrogen) atoms. The predicted octanol–water partition coefficient (Wildman–Crippen LogP) is 3.35. The van der Waals surface area contributed by atoms with Crippen LogP contribution < -0.4 is 5.32 Å². The number of nitrogens with zero attached hydrogens (tertiary/aromatic N) is 1. The molecule has 0 aliphatic heterocycles. The Kier molecular flexibility index (Phi) is 5.55. The van der Waals surface area contributed by atoms with Crippen molar-refractivity contribution < 1.29 is 14.7 Å². The van der Waals surface area contributed by atoms with Gasteiger partial charge in [0.05, 0.1) is 11.3 Å². The molecule has 0 saturated carbocycles. The number of aromatic carboxylic acids is 1. The number of nitrogens with one attached hydrogen (secondary N) is 1. The molecule has 1 aromatic rings. The first-order valence-electron chi connectivity index (χ1n) is 6.82. The highest BCUT2D eigenvalue weighted by atomic mass is 16.4. The van der Waals surface area contributed by atoms with Gasteiger partial charge in [-0.15, -0.1) is 0 Å². The van der Waals surface area contributed by atoms with Crippen LogP contribution in [0.4, 0.5) is 10.5 Å². The fraction of sp³-hybridized carbons (Fsp3) is 0.467. The van der Waals surface area contributed by atoms with E-state index in [9.17, 15) is 14.7 Å². The topological polar surface area (TPSA) is 69.6 Å². The summed E-state index contributed by atoms with van der Waals surface area (Å²) in [5.41, 5.74) is 1.10. The summed E-state index contributed by atoms with van der Waals surface area (Å²) in [5.74, 6) is -1.04. The number of hydrogen-bond acceptors (Lipinski definition) is 2. The third-order valence-corrected chi connectivity index (χ3v) is 3.45. The molecule has 2 N–H and O–H groups in total. The quantitative estimate of drug-likeness (QED) is 0.867. The molecule has 0 spiro atoms. The van der Waals surface area contributed by atoms with Crippen molar-refractivity contribution >= 4 is 17.7 Å². The van der Waals surface area contributed by atoms with Crippen molar-refractivity contribution in [3.63, 3.8) is 0 Å². The summed E-state index contributed by atoms with van der Waals surface area (Å²) in [7, 11) is 0. The van der Waals surface area contributed by atoms with Gasteiger partial charge in [0.2, 0.25) is 0 Å². The lowest BCUT2D eigenvalue weighted by Crippen LogP contribution is -2.41. The lowest BCUT2D eigenvalue weighted by atomic mass is 10.1. The number of urea groups is 1. The number of amides is 2. The number of benzene rings is 1. The second-order valence-electron chi connectivity index (χ2n) is 4.78. The number of carbonyl (C=O) groups excluding carboxylic acids is 1. The van der Waals surface area contributed by atoms with Crippen LogP contribution in [0.25, 0.3) is 0 Å². The molecule has 1 rings (SSSR count). The predicted molar refractivity (Wildman–Crippen MR) is 79.3 cm³/mol. The molecule has 5 nitrogen and oxygen atoms in total. The number of rotatable bonds is 5. The maximum atomic E-state index is 12.3. The molecule has 110 valence electrons. The summed E-state index contributed by atoms with van der Waals surface area (Å²) >= 11 is 0.